The highest BCUT2D eigenvalue weighted by molar-refractivity contribution is 7.89. The summed E-state index contributed by atoms with van der Waals surface area (Å²) in [6, 6.07) is 5.59. The summed E-state index contributed by atoms with van der Waals surface area (Å²) >= 11 is 0. The van der Waals surface area contributed by atoms with Gasteiger partial charge < -0.3 is 5.73 Å². The fourth-order valence-electron chi connectivity index (χ4n) is 1.09. The fraction of sp³-hybridized carbons (Fsp3) is 0.250. The first-order valence-electron chi connectivity index (χ1n) is 4.68. The minimum absolute atomic E-state index is 0.0469. The summed E-state index contributed by atoms with van der Waals surface area (Å²) in [6.07, 6.45) is 0. The Kier molecular flexibility index (Phi) is 4.65. The molecule has 0 radical (unpaired) electrons. The molecule has 0 unspecified atom stereocenters. The van der Waals surface area contributed by atoms with Crippen LogP contribution in [0.5, 0.6) is 0 Å². The molecule has 1 aromatic carbocycles. The molecule has 0 spiro atoms. The first-order chi connectivity index (χ1) is 8.21. The van der Waals surface area contributed by atoms with Gasteiger partial charge in [0.2, 0.25) is 10.0 Å². The van der Waals surface area contributed by atoms with Crippen molar-refractivity contribution in [1.82, 2.24) is 4.72 Å². The van der Waals surface area contributed by atoms with Gasteiger partial charge in [-0.2, -0.15) is 8.42 Å². The molecular formula is C8H12N2O6S2. The lowest BCUT2D eigenvalue weighted by molar-refractivity contribution is 0.272. The molecule has 0 heterocycles. The third-order valence-corrected chi connectivity index (χ3v) is 3.72. The largest absolute Gasteiger partial charge is 0.399 e. The standard InChI is InChI=1S/C8H12N2O6S2/c9-7-2-1-3-8(6-7)17(11,12)10-4-5-16-18(13,14)15/h1-3,6,10H,4-5,9H2,(H,13,14,15). The number of nitrogen functional groups attached to an aromatic ring is 1. The normalized spacial score (nSPS) is 12.5. The number of hydrogen-bond acceptors (Lipinski definition) is 6. The van der Waals surface area contributed by atoms with E-state index >= 15 is 0 Å². The molecule has 8 nitrogen and oxygen atoms in total. The highest BCUT2D eigenvalue weighted by Gasteiger charge is 2.14. The number of nitrogens with one attached hydrogen (secondary N) is 1. The van der Waals surface area contributed by atoms with Crippen molar-refractivity contribution >= 4 is 26.1 Å². The van der Waals surface area contributed by atoms with Crippen molar-refractivity contribution in [2.24, 2.45) is 0 Å². The van der Waals surface area contributed by atoms with E-state index < -0.39 is 27.0 Å². The van der Waals surface area contributed by atoms with Gasteiger partial charge in [-0.15, -0.1) is 0 Å². The number of rotatable bonds is 6. The van der Waals surface area contributed by atoms with Crippen molar-refractivity contribution in [3.63, 3.8) is 0 Å². The third kappa shape index (κ3) is 4.98. The Morgan fingerprint density at radius 1 is 1.28 bits per heavy atom. The van der Waals surface area contributed by atoms with Crippen LogP contribution in [0.3, 0.4) is 0 Å². The quantitative estimate of drug-likeness (QED) is 0.361. The lowest BCUT2D eigenvalue weighted by Gasteiger charge is -2.06. The van der Waals surface area contributed by atoms with Gasteiger partial charge in [-0.3, -0.25) is 4.55 Å². The van der Waals surface area contributed by atoms with Crippen molar-refractivity contribution in [3.05, 3.63) is 24.3 Å². The van der Waals surface area contributed by atoms with E-state index in [9.17, 15) is 16.8 Å². The zero-order valence-electron chi connectivity index (χ0n) is 9.11. The molecule has 18 heavy (non-hydrogen) atoms. The van der Waals surface area contributed by atoms with Gasteiger partial charge in [0, 0.05) is 12.2 Å². The molecule has 0 aromatic heterocycles. The molecule has 10 heteroatoms. The molecule has 4 N–H and O–H groups in total. The molecule has 1 rings (SSSR count). The molecule has 0 amide bonds. The van der Waals surface area contributed by atoms with Crippen LogP contribution in [-0.4, -0.2) is 34.5 Å². The van der Waals surface area contributed by atoms with Crippen LogP contribution in [-0.2, 0) is 24.6 Å². The van der Waals surface area contributed by atoms with Crippen LogP contribution in [0.4, 0.5) is 5.69 Å². The summed E-state index contributed by atoms with van der Waals surface area (Å²) in [5, 5.41) is 0. The van der Waals surface area contributed by atoms with E-state index in [0.29, 0.717) is 0 Å². The molecule has 0 aliphatic rings. The number of sulfonamides is 1. The van der Waals surface area contributed by atoms with E-state index in [0.717, 1.165) is 0 Å². The van der Waals surface area contributed by atoms with Crippen molar-refractivity contribution < 1.29 is 25.6 Å². The molecule has 0 saturated heterocycles. The van der Waals surface area contributed by atoms with Crippen LogP contribution in [0.2, 0.25) is 0 Å². The second-order valence-electron chi connectivity index (χ2n) is 3.22. The summed E-state index contributed by atoms with van der Waals surface area (Å²) in [7, 11) is -8.36. The minimum atomic E-state index is -4.57. The lowest BCUT2D eigenvalue weighted by atomic mass is 10.3. The van der Waals surface area contributed by atoms with Gasteiger partial charge >= 0.3 is 10.4 Å². The molecule has 0 aliphatic heterocycles. The van der Waals surface area contributed by atoms with Crippen LogP contribution in [0, 0.1) is 0 Å². The zero-order valence-corrected chi connectivity index (χ0v) is 10.7. The first-order valence-corrected chi connectivity index (χ1v) is 7.52. The van der Waals surface area contributed by atoms with Crippen LogP contribution in [0.1, 0.15) is 0 Å². The van der Waals surface area contributed by atoms with Crippen LogP contribution in [0.25, 0.3) is 0 Å². The third-order valence-electron chi connectivity index (χ3n) is 1.79. The van der Waals surface area contributed by atoms with Crippen molar-refractivity contribution in [2.45, 2.75) is 4.90 Å². The monoisotopic (exact) mass is 296 g/mol. The highest BCUT2D eigenvalue weighted by atomic mass is 32.3. The van der Waals surface area contributed by atoms with Crippen LogP contribution in [0.15, 0.2) is 29.2 Å². The van der Waals surface area contributed by atoms with E-state index in [-0.39, 0.29) is 17.1 Å². The predicted molar refractivity (Wildman–Crippen MR) is 63.5 cm³/mol. The minimum Gasteiger partial charge on any atom is -0.399 e. The van der Waals surface area contributed by atoms with Crippen LogP contribution >= 0.6 is 0 Å². The number of nitrogens with two attached hydrogens (primary N) is 1. The molecule has 1 aromatic rings. The molecule has 0 aliphatic carbocycles. The summed E-state index contributed by atoms with van der Waals surface area (Å²) < 4.78 is 58.1. The molecule has 0 saturated carbocycles. The van der Waals surface area contributed by atoms with E-state index in [1.165, 1.54) is 24.3 Å². The Hall–Kier alpha value is -1.20. The lowest BCUT2D eigenvalue weighted by Crippen LogP contribution is -2.28. The van der Waals surface area contributed by atoms with E-state index in [1.807, 2.05) is 0 Å². The van der Waals surface area contributed by atoms with Gasteiger partial charge in [-0.25, -0.2) is 17.3 Å². The second kappa shape index (κ2) is 5.63. The summed E-state index contributed by atoms with van der Waals surface area (Å²) in [4.78, 5) is -0.0469. The van der Waals surface area contributed by atoms with Gasteiger partial charge in [0.15, 0.2) is 0 Å². The Bertz CT molecular complexity index is 610. The molecule has 0 bridgehead atoms. The summed E-state index contributed by atoms with van der Waals surface area (Å²) in [6.45, 7) is -0.822. The second-order valence-corrected chi connectivity index (χ2v) is 6.08. The maximum Gasteiger partial charge on any atom is 0.397 e. The van der Waals surface area contributed by atoms with E-state index in [1.54, 1.807) is 0 Å². The SMILES string of the molecule is Nc1cccc(S(=O)(=O)NCCOS(=O)(=O)O)c1. The zero-order chi connectivity index (χ0) is 13.8. The number of hydrogen-bond donors (Lipinski definition) is 3. The molecule has 0 fully saturated rings. The van der Waals surface area contributed by atoms with Gasteiger partial charge in [0.25, 0.3) is 0 Å². The smallest absolute Gasteiger partial charge is 0.397 e. The first kappa shape index (κ1) is 14.9. The Morgan fingerprint density at radius 3 is 2.50 bits per heavy atom. The van der Waals surface area contributed by atoms with Crippen LogP contribution < -0.4 is 10.5 Å². The maximum atomic E-state index is 11.7. The Labute approximate surface area is 105 Å². The van der Waals surface area contributed by atoms with Gasteiger partial charge in [-0.1, -0.05) is 6.07 Å². The van der Waals surface area contributed by atoms with Gasteiger partial charge in [0.05, 0.1) is 11.5 Å². The van der Waals surface area contributed by atoms with Crippen molar-refractivity contribution in [1.29, 1.82) is 0 Å². The molecule has 0 atom stereocenters. The Balaban J connectivity index is 2.61. The van der Waals surface area contributed by atoms with Crippen molar-refractivity contribution in [2.75, 3.05) is 18.9 Å². The average molecular weight is 296 g/mol. The number of anilines is 1. The maximum absolute atomic E-state index is 11.7. The predicted octanol–water partition coefficient (Wildman–Crippen LogP) is -0.633. The fourth-order valence-corrected chi connectivity index (χ4v) is 2.45. The summed E-state index contributed by atoms with van der Waals surface area (Å²) in [5.41, 5.74) is 5.72. The van der Waals surface area contributed by atoms with E-state index in [2.05, 4.69) is 8.91 Å². The van der Waals surface area contributed by atoms with E-state index in [4.69, 9.17) is 10.3 Å². The van der Waals surface area contributed by atoms with Gasteiger partial charge in [0.1, 0.15) is 0 Å². The van der Waals surface area contributed by atoms with Gasteiger partial charge in [-0.05, 0) is 18.2 Å². The summed E-state index contributed by atoms with van der Waals surface area (Å²) in [5.74, 6) is 0. The average Bonchev–Trinajstić information content (AvgIpc) is 2.23. The molecular weight excluding hydrogens is 284 g/mol. The number of benzene rings is 1. The highest BCUT2D eigenvalue weighted by Crippen LogP contribution is 2.12. The molecule has 102 valence electrons. The van der Waals surface area contributed by atoms with Crippen molar-refractivity contribution in [3.8, 4) is 0 Å². The topological polar surface area (TPSA) is 136 Å². The Morgan fingerprint density at radius 2 is 1.94 bits per heavy atom.